The van der Waals surface area contributed by atoms with Crippen LogP contribution in [0.15, 0.2) is 0 Å². The fourth-order valence-corrected chi connectivity index (χ4v) is 17.3. The van der Waals surface area contributed by atoms with Crippen molar-refractivity contribution in [3.63, 3.8) is 0 Å². The van der Waals surface area contributed by atoms with E-state index in [1.807, 2.05) is 0 Å². The van der Waals surface area contributed by atoms with Crippen molar-refractivity contribution in [1.29, 1.82) is 0 Å². The van der Waals surface area contributed by atoms with Crippen molar-refractivity contribution in [2.45, 2.75) is 109 Å². The van der Waals surface area contributed by atoms with E-state index in [4.69, 9.17) is 0 Å². The summed E-state index contributed by atoms with van der Waals surface area (Å²) in [6.45, 7) is 0. The minimum absolute atomic E-state index is 0.228. The number of hydrogen-bond donors (Lipinski definition) is 0. The molecule has 0 aromatic rings. The van der Waals surface area contributed by atoms with E-state index in [0.29, 0.717) is 0 Å². The normalized spacial score (nSPS) is 40.0. The van der Waals surface area contributed by atoms with Crippen LogP contribution in [0, 0.1) is 17.8 Å². The van der Waals surface area contributed by atoms with Gasteiger partial charge in [0.25, 0.3) is 0 Å². The second kappa shape index (κ2) is 10.2. The molecule has 3 aliphatic rings. The van der Waals surface area contributed by atoms with Crippen LogP contribution in [-0.4, -0.2) is 38.3 Å². The Hall–Kier alpha value is 0.589. The predicted molar refractivity (Wildman–Crippen MR) is 101 cm³/mol. The first-order valence-electron chi connectivity index (χ1n) is 10.9. The van der Waals surface area contributed by atoms with E-state index in [0.717, 1.165) is 90.4 Å². The second-order valence-corrected chi connectivity index (χ2v) is 16.8. The number of hydrogen-bond acceptors (Lipinski definition) is 0. The summed E-state index contributed by atoms with van der Waals surface area (Å²) in [4.78, 5) is 0. The van der Waals surface area contributed by atoms with Gasteiger partial charge in [-0.15, -0.1) is 0 Å². The molecular weight excluding hydrogens is 428 g/mol. The molecule has 0 N–H and O–H groups in total. The average Bonchev–Trinajstić information content (AvgIpc) is 2.61. The quantitative estimate of drug-likeness (QED) is 0.369. The van der Waals surface area contributed by atoms with Crippen LogP contribution in [0.5, 0.6) is 0 Å². The van der Waals surface area contributed by atoms with Crippen molar-refractivity contribution in [3.8, 4) is 0 Å². The third-order valence-electron chi connectivity index (χ3n) is 7.10. The summed E-state index contributed by atoms with van der Waals surface area (Å²) < 4.78 is 46.4. The molecule has 6 unspecified atom stereocenters. The van der Waals surface area contributed by atoms with Crippen molar-refractivity contribution >= 4 is 19.8 Å². The summed E-state index contributed by atoms with van der Waals surface area (Å²) in [5.41, 5.74) is 0. The van der Waals surface area contributed by atoms with Crippen LogP contribution in [0.3, 0.4) is 0 Å². The summed E-state index contributed by atoms with van der Waals surface area (Å²) in [5, 5.41) is 0. The molecule has 0 heterocycles. The van der Waals surface area contributed by atoms with E-state index < -0.39 is 38.3 Å². The SMILES string of the molecule is FC1CCCCC1[CH2][Sn+]([CH2]C1CCCCC1F)[CH2]C1CCCCC1F. The maximum atomic E-state index is 14.4. The maximum absolute atomic E-state index is 14.4. The van der Waals surface area contributed by atoms with Crippen LogP contribution < -0.4 is 0 Å². The van der Waals surface area contributed by atoms with Crippen LogP contribution >= 0.6 is 0 Å². The molecule has 3 aliphatic carbocycles. The fourth-order valence-electron chi connectivity index (χ4n) is 5.54. The zero-order chi connectivity index (χ0) is 17.6. The van der Waals surface area contributed by atoms with Gasteiger partial charge in [-0.25, -0.2) is 0 Å². The van der Waals surface area contributed by atoms with Crippen molar-refractivity contribution in [1.82, 2.24) is 0 Å². The van der Waals surface area contributed by atoms with Crippen molar-refractivity contribution in [3.05, 3.63) is 0 Å². The summed E-state index contributed by atoms with van der Waals surface area (Å²) >= 11 is -1.96. The number of alkyl halides is 3. The summed E-state index contributed by atoms with van der Waals surface area (Å²) in [7, 11) is 0. The Bertz CT molecular complexity index is 334. The second-order valence-electron chi connectivity index (χ2n) is 9.04. The van der Waals surface area contributed by atoms with E-state index in [1.54, 1.807) is 0 Å². The Balaban J connectivity index is 1.61. The molecule has 3 rings (SSSR count). The molecule has 144 valence electrons. The Morgan fingerprint density at radius 1 is 0.480 bits per heavy atom. The molecule has 0 saturated heterocycles. The van der Waals surface area contributed by atoms with E-state index >= 15 is 0 Å². The van der Waals surface area contributed by atoms with Gasteiger partial charge in [-0.3, -0.25) is 0 Å². The van der Waals surface area contributed by atoms with E-state index in [-0.39, 0.29) is 17.8 Å². The van der Waals surface area contributed by atoms with Crippen molar-refractivity contribution in [2.75, 3.05) is 0 Å². The molecule has 0 aromatic carbocycles. The minimum atomic E-state index is -1.96. The molecule has 0 radical (unpaired) electrons. The molecular formula is C21H36F3Sn+. The zero-order valence-corrected chi connectivity index (χ0v) is 18.6. The number of halogens is 3. The average molecular weight is 464 g/mol. The van der Waals surface area contributed by atoms with Gasteiger partial charge in [0.15, 0.2) is 0 Å². The first kappa shape index (κ1) is 20.3. The Morgan fingerprint density at radius 2 is 0.760 bits per heavy atom. The Labute approximate surface area is 159 Å². The molecule has 0 bridgehead atoms. The van der Waals surface area contributed by atoms with Gasteiger partial charge in [0.2, 0.25) is 0 Å². The standard InChI is InChI=1S/3C7H12F.Sn/c3*1-6-4-2-3-5-7(6)8;/h3*6-7H,1-5H2;/q;;;+1. The molecule has 0 spiro atoms. The third-order valence-corrected chi connectivity index (χ3v) is 16.5. The van der Waals surface area contributed by atoms with Crippen LogP contribution in [-0.2, 0) is 0 Å². The summed E-state index contributed by atoms with van der Waals surface area (Å²) in [6.07, 6.45) is 9.92. The molecule has 3 saturated carbocycles. The van der Waals surface area contributed by atoms with Gasteiger partial charge in [-0.1, -0.05) is 0 Å². The fraction of sp³-hybridized carbons (Fsp3) is 1.00. The van der Waals surface area contributed by atoms with E-state index in [2.05, 4.69) is 0 Å². The van der Waals surface area contributed by atoms with E-state index in [9.17, 15) is 13.2 Å². The third kappa shape index (κ3) is 6.04. The van der Waals surface area contributed by atoms with E-state index in [1.165, 1.54) is 0 Å². The molecule has 0 amide bonds. The summed E-state index contributed by atoms with van der Waals surface area (Å²) in [6, 6.07) is 0. The Kier molecular flexibility index (Phi) is 8.31. The molecule has 4 heteroatoms. The van der Waals surface area contributed by atoms with Crippen LogP contribution in [0.4, 0.5) is 13.2 Å². The van der Waals surface area contributed by atoms with Gasteiger partial charge in [0.1, 0.15) is 0 Å². The van der Waals surface area contributed by atoms with Crippen molar-refractivity contribution < 1.29 is 13.2 Å². The molecule has 0 aromatic heterocycles. The van der Waals surface area contributed by atoms with Gasteiger partial charge in [-0.2, -0.15) is 0 Å². The topological polar surface area (TPSA) is 0 Å². The Morgan fingerprint density at radius 3 is 1.04 bits per heavy atom. The van der Waals surface area contributed by atoms with Gasteiger partial charge in [0.05, 0.1) is 0 Å². The monoisotopic (exact) mass is 465 g/mol. The molecule has 6 atom stereocenters. The van der Waals surface area contributed by atoms with Crippen molar-refractivity contribution in [2.24, 2.45) is 17.8 Å². The van der Waals surface area contributed by atoms with Gasteiger partial charge >= 0.3 is 160 Å². The number of rotatable bonds is 6. The first-order valence-corrected chi connectivity index (χ1v) is 16.9. The van der Waals surface area contributed by atoms with Gasteiger partial charge in [0, 0.05) is 0 Å². The summed E-state index contributed by atoms with van der Waals surface area (Å²) in [5.74, 6) is 0.685. The molecule has 0 nitrogen and oxygen atoms in total. The molecule has 0 aliphatic heterocycles. The van der Waals surface area contributed by atoms with Crippen LogP contribution in [0.2, 0.25) is 13.3 Å². The predicted octanol–water partition coefficient (Wildman–Crippen LogP) is 7.07. The zero-order valence-electron chi connectivity index (χ0n) is 15.7. The van der Waals surface area contributed by atoms with Gasteiger partial charge in [-0.05, 0) is 0 Å². The molecule has 3 fully saturated rings. The van der Waals surface area contributed by atoms with Crippen LogP contribution in [0.25, 0.3) is 0 Å². The van der Waals surface area contributed by atoms with Gasteiger partial charge < -0.3 is 0 Å². The van der Waals surface area contributed by atoms with Crippen LogP contribution in [0.1, 0.15) is 77.0 Å². The first-order chi connectivity index (χ1) is 12.1. The molecule has 25 heavy (non-hydrogen) atoms.